The Labute approximate surface area is 245 Å². The molecule has 0 aliphatic heterocycles. The van der Waals surface area contributed by atoms with Crippen LogP contribution in [0.5, 0.6) is 5.75 Å². The van der Waals surface area contributed by atoms with Gasteiger partial charge in [0.2, 0.25) is 11.8 Å². The Kier molecular flexibility index (Phi) is 10.8. The van der Waals surface area contributed by atoms with Gasteiger partial charge in [0.25, 0.3) is 10.0 Å². The third-order valence-corrected chi connectivity index (χ3v) is 8.69. The minimum absolute atomic E-state index is 0.0253. The first-order chi connectivity index (χ1) is 19.0. The summed E-state index contributed by atoms with van der Waals surface area (Å²) in [5.41, 5.74) is 1.73. The van der Waals surface area contributed by atoms with Crippen molar-refractivity contribution in [1.82, 2.24) is 10.2 Å². The second kappa shape index (κ2) is 13.9. The van der Waals surface area contributed by atoms with Crippen molar-refractivity contribution in [3.63, 3.8) is 0 Å². The summed E-state index contributed by atoms with van der Waals surface area (Å²) in [5.74, 6) is -0.393. The Morgan fingerprint density at radius 2 is 1.62 bits per heavy atom. The molecule has 1 N–H and O–H groups in total. The van der Waals surface area contributed by atoms with Crippen molar-refractivity contribution in [1.29, 1.82) is 0 Å². The van der Waals surface area contributed by atoms with E-state index in [-0.39, 0.29) is 23.0 Å². The highest BCUT2D eigenvalue weighted by Gasteiger charge is 2.33. The van der Waals surface area contributed by atoms with Crippen molar-refractivity contribution in [3.05, 3.63) is 87.9 Å². The van der Waals surface area contributed by atoms with Gasteiger partial charge < -0.3 is 15.0 Å². The number of sulfonamides is 1. The molecule has 0 bridgehead atoms. The van der Waals surface area contributed by atoms with Crippen LogP contribution in [0.15, 0.2) is 71.6 Å². The summed E-state index contributed by atoms with van der Waals surface area (Å²) in [6.07, 6.45) is 0.296. The van der Waals surface area contributed by atoms with Crippen LogP contribution in [0.25, 0.3) is 0 Å². The fraction of sp³-hybridized carbons (Fsp3) is 0.310. The molecular formula is C29H33Cl2N3O5S. The van der Waals surface area contributed by atoms with Gasteiger partial charge >= 0.3 is 0 Å². The standard InChI is InChI=1S/C29H33Cl2N3O5S/c1-5-27(29(36)32-4)33(18-21-9-10-22(30)17-26(21)31)28(35)19-34(23-11-13-24(14-12-23)39-6-2)40(37,38)25-15-7-20(3)8-16-25/h7-17,27H,5-6,18-19H2,1-4H3,(H,32,36). The molecule has 0 heterocycles. The number of anilines is 1. The maximum absolute atomic E-state index is 14.0. The van der Waals surface area contributed by atoms with Crippen LogP contribution >= 0.6 is 23.2 Å². The number of benzene rings is 3. The lowest BCUT2D eigenvalue weighted by Crippen LogP contribution is -2.51. The highest BCUT2D eigenvalue weighted by atomic mass is 35.5. The fourth-order valence-electron chi connectivity index (χ4n) is 4.16. The topological polar surface area (TPSA) is 96.0 Å². The summed E-state index contributed by atoms with van der Waals surface area (Å²) in [4.78, 5) is 28.2. The maximum Gasteiger partial charge on any atom is 0.264 e. The number of aryl methyl sites for hydroxylation is 1. The van der Waals surface area contributed by atoms with Crippen LogP contribution < -0.4 is 14.4 Å². The molecule has 8 nitrogen and oxygen atoms in total. The number of hydrogen-bond acceptors (Lipinski definition) is 5. The van der Waals surface area contributed by atoms with Crippen molar-refractivity contribution < 1.29 is 22.7 Å². The molecular weight excluding hydrogens is 573 g/mol. The molecule has 3 rings (SSSR count). The molecule has 0 fully saturated rings. The molecule has 40 heavy (non-hydrogen) atoms. The average molecular weight is 607 g/mol. The predicted molar refractivity (Wildman–Crippen MR) is 158 cm³/mol. The second-order valence-electron chi connectivity index (χ2n) is 9.05. The van der Waals surface area contributed by atoms with Gasteiger partial charge in [-0.05, 0) is 74.4 Å². The van der Waals surface area contributed by atoms with Gasteiger partial charge in [-0.1, -0.05) is 53.9 Å². The normalized spacial score (nSPS) is 11.9. The third-order valence-electron chi connectivity index (χ3n) is 6.31. The number of ether oxygens (including phenoxy) is 1. The van der Waals surface area contributed by atoms with E-state index in [2.05, 4.69) is 5.32 Å². The molecule has 0 saturated heterocycles. The molecule has 0 radical (unpaired) electrons. The maximum atomic E-state index is 14.0. The van der Waals surface area contributed by atoms with Gasteiger partial charge in [0.15, 0.2) is 0 Å². The van der Waals surface area contributed by atoms with Gasteiger partial charge in [-0.25, -0.2) is 8.42 Å². The fourth-order valence-corrected chi connectivity index (χ4v) is 6.04. The average Bonchev–Trinajstić information content (AvgIpc) is 2.93. The molecule has 0 spiro atoms. The monoisotopic (exact) mass is 605 g/mol. The second-order valence-corrected chi connectivity index (χ2v) is 11.8. The molecule has 0 aromatic heterocycles. The molecule has 214 valence electrons. The zero-order chi connectivity index (χ0) is 29.4. The van der Waals surface area contributed by atoms with E-state index in [1.54, 1.807) is 61.5 Å². The lowest BCUT2D eigenvalue weighted by Gasteiger charge is -2.33. The largest absolute Gasteiger partial charge is 0.494 e. The van der Waals surface area contributed by atoms with Gasteiger partial charge in [-0.3, -0.25) is 13.9 Å². The van der Waals surface area contributed by atoms with E-state index >= 15 is 0 Å². The van der Waals surface area contributed by atoms with Gasteiger partial charge in [0.05, 0.1) is 17.2 Å². The number of carbonyl (C=O) groups excluding carboxylic acids is 2. The van der Waals surface area contributed by atoms with E-state index in [9.17, 15) is 18.0 Å². The summed E-state index contributed by atoms with van der Waals surface area (Å²) >= 11 is 12.5. The number of halogens is 2. The predicted octanol–water partition coefficient (Wildman–Crippen LogP) is 5.45. The number of hydrogen-bond donors (Lipinski definition) is 1. The van der Waals surface area contributed by atoms with E-state index < -0.39 is 28.5 Å². The van der Waals surface area contributed by atoms with Gasteiger partial charge in [-0.15, -0.1) is 0 Å². The van der Waals surface area contributed by atoms with Crippen LogP contribution in [-0.2, 0) is 26.2 Å². The molecule has 1 unspecified atom stereocenters. The smallest absolute Gasteiger partial charge is 0.264 e. The summed E-state index contributed by atoms with van der Waals surface area (Å²) in [6.45, 7) is 5.35. The Hall–Kier alpha value is -3.27. The summed E-state index contributed by atoms with van der Waals surface area (Å²) in [5, 5.41) is 3.35. The molecule has 0 saturated carbocycles. The highest BCUT2D eigenvalue weighted by Crippen LogP contribution is 2.28. The van der Waals surface area contributed by atoms with Crippen LogP contribution in [0, 0.1) is 6.92 Å². The van der Waals surface area contributed by atoms with E-state index in [4.69, 9.17) is 27.9 Å². The zero-order valence-electron chi connectivity index (χ0n) is 22.9. The number of likely N-dealkylation sites (N-methyl/N-ethyl adjacent to an activating group) is 1. The zero-order valence-corrected chi connectivity index (χ0v) is 25.2. The Morgan fingerprint density at radius 1 is 0.975 bits per heavy atom. The van der Waals surface area contributed by atoms with Crippen LogP contribution in [0.1, 0.15) is 31.4 Å². The van der Waals surface area contributed by atoms with Crippen molar-refractivity contribution in [3.8, 4) is 5.75 Å². The minimum Gasteiger partial charge on any atom is -0.494 e. The van der Waals surface area contributed by atoms with Crippen LogP contribution in [-0.4, -0.2) is 51.4 Å². The van der Waals surface area contributed by atoms with Crippen LogP contribution in [0.2, 0.25) is 10.0 Å². The Bertz CT molecular complexity index is 1430. The lowest BCUT2D eigenvalue weighted by atomic mass is 10.1. The van der Waals surface area contributed by atoms with Crippen molar-refractivity contribution in [2.45, 2.75) is 44.7 Å². The lowest BCUT2D eigenvalue weighted by molar-refractivity contribution is -0.140. The number of nitrogens with zero attached hydrogens (tertiary/aromatic N) is 2. The van der Waals surface area contributed by atoms with E-state index in [0.29, 0.717) is 34.4 Å². The highest BCUT2D eigenvalue weighted by molar-refractivity contribution is 7.92. The number of nitrogens with one attached hydrogen (secondary N) is 1. The van der Waals surface area contributed by atoms with E-state index in [1.165, 1.54) is 24.1 Å². The molecule has 3 aromatic rings. The molecule has 0 aliphatic carbocycles. The van der Waals surface area contributed by atoms with Crippen LogP contribution in [0.4, 0.5) is 5.69 Å². The molecule has 0 aliphatic rings. The van der Waals surface area contributed by atoms with Crippen molar-refractivity contribution >= 4 is 50.7 Å². The SMILES string of the molecule is CCOc1ccc(N(CC(=O)N(Cc2ccc(Cl)cc2Cl)C(CC)C(=O)NC)S(=O)(=O)c2ccc(C)cc2)cc1. The van der Waals surface area contributed by atoms with Gasteiger partial charge in [0, 0.05) is 23.6 Å². The molecule has 2 amide bonds. The quantitative estimate of drug-likeness (QED) is 0.296. The van der Waals surface area contributed by atoms with Crippen LogP contribution in [0.3, 0.4) is 0 Å². The van der Waals surface area contributed by atoms with Crippen molar-refractivity contribution in [2.24, 2.45) is 0 Å². The summed E-state index contributed by atoms with van der Waals surface area (Å²) in [6, 6.07) is 16.8. The Balaban J connectivity index is 2.07. The van der Waals surface area contributed by atoms with E-state index in [1.807, 2.05) is 13.8 Å². The van der Waals surface area contributed by atoms with E-state index in [0.717, 1.165) is 9.87 Å². The molecule has 11 heteroatoms. The van der Waals surface area contributed by atoms with Gasteiger partial charge in [0.1, 0.15) is 18.3 Å². The van der Waals surface area contributed by atoms with Gasteiger partial charge in [-0.2, -0.15) is 0 Å². The number of amides is 2. The first kappa shape index (κ1) is 31.3. The number of rotatable bonds is 12. The minimum atomic E-state index is -4.17. The molecule has 1 atom stereocenters. The van der Waals surface area contributed by atoms with Crippen molar-refractivity contribution in [2.75, 3.05) is 24.5 Å². The first-order valence-corrected chi connectivity index (χ1v) is 15.0. The summed E-state index contributed by atoms with van der Waals surface area (Å²) < 4.78 is 34.4. The first-order valence-electron chi connectivity index (χ1n) is 12.8. The third kappa shape index (κ3) is 7.47. The summed E-state index contributed by atoms with van der Waals surface area (Å²) in [7, 11) is -2.69. The Morgan fingerprint density at radius 3 is 2.17 bits per heavy atom. The molecule has 3 aromatic carbocycles. The number of carbonyl (C=O) groups is 2.